The van der Waals surface area contributed by atoms with Crippen LogP contribution >= 0.6 is 22.6 Å². The van der Waals surface area contributed by atoms with E-state index in [2.05, 4.69) is 59.6 Å². The number of aliphatic imine (C=N–C) groups is 1. The smallest absolute Gasteiger partial charge is 0.0668 e. The molecule has 0 fully saturated rings. The predicted octanol–water partition coefficient (Wildman–Crippen LogP) is 3.50. The van der Waals surface area contributed by atoms with Gasteiger partial charge in [-0.2, -0.15) is 0 Å². The van der Waals surface area contributed by atoms with Crippen molar-refractivity contribution >= 4 is 34.0 Å². The Morgan fingerprint density at radius 3 is 2.92 bits per heavy atom. The van der Waals surface area contributed by atoms with Crippen LogP contribution in [0.2, 0.25) is 0 Å². The van der Waals surface area contributed by atoms with E-state index in [4.69, 9.17) is 0 Å². The summed E-state index contributed by atoms with van der Waals surface area (Å²) in [6.07, 6.45) is 0. The van der Waals surface area contributed by atoms with Crippen LogP contribution in [0.5, 0.6) is 0 Å². The Labute approximate surface area is 86.0 Å². The maximum absolute atomic E-state index is 4.49. The second kappa shape index (κ2) is 2.83. The molecule has 2 heteroatoms. The van der Waals surface area contributed by atoms with E-state index >= 15 is 0 Å². The van der Waals surface area contributed by atoms with Gasteiger partial charge in [-0.15, -0.1) is 0 Å². The molecule has 1 aromatic rings. The Hall–Kier alpha value is -0.380. The van der Waals surface area contributed by atoms with Crippen molar-refractivity contribution in [2.24, 2.45) is 4.99 Å². The van der Waals surface area contributed by atoms with Gasteiger partial charge in [0.1, 0.15) is 0 Å². The Morgan fingerprint density at radius 1 is 1.42 bits per heavy atom. The highest BCUT2D eigenvalue weighted by molar-refractivity contribution is 14.1. The van der Waals surface area contributed by atoms with E-state index in [9.17, 15) is 0 Å². The maximum atomic E-state index is 4.49. The predicted molar refractivity (Wildman–Crippen MR) is 60.3 cm³/mol. The fraction of sp³-hybridized carbons (Fsp3) is 0.300. The second-order valence-corrected chi connectivity index (χ2v) is 4.42. The van der Waals surface area contributed by atoms with Crippen molar-refractivity contribution in [3.63, 3.8) is 0 Å². The van der Waals surface area contributed by atoms with Gasteiger partial charge in [0.05, 0.1) is 5.69 Å². The molecule has 1 atom stereocenters. The summed E-state index contributed by atoms with van der Waals surface area (Å²) in [4.78, 5) is 4.49. The minimum absolute atomic E-state index is 0.509. The Bertz CT molecular complexity index is 355. The van der Waals surface area contributed by atoms with Crippen molar-refractivity contribution in [3.05, 3.63) is 27.3 Å². The largest absolute Gasteiger partial charge is 0.257 e. The molecule has 0 saturated heterocycles. The molecule has 0 aliphatic carbocycles. The average Bonchev–Trinajstić information content (AvgIpc) is 2.31. The average molecular weight is 271 g/mol. The lowest BCUT2D eigenvalue weighted by Gasteiger charge is -2.04. The van der Waals surface area contributed by atoms with Gasteiger partial charge >= 0.3 is 0 Å². The van der Waals surface area contributed by atoms with Crippen molar-refractivity contribution in [1.82, 2.24) is 0 Å². The summed E-state index contributed by atoms with van der Waals surface area (Å²) in [6.45, 7) is 4.30. The molecular formula is C10H10IN. The summed E-state index contributed by atoms with van der Waals surface area (Å²) < 4.78 is 1.29. The number of rotatable bonds is 0. The van der Waals surface area contributed by atoms with Crippen LogP contribution in [0.25, 0.3) is 0 Å². The molecule has 1 heterocycles. The van der Waals surface area contributed by atoms with Gasteiger partial charge in [0.25, 0.3) is 0 Å². The van der Waals surface area contributed by atoms with Gasteiger partial charge in [-0.05, 0) is 53.3 Å². The van der Waals surface area contributed by atoms with E-state index in [1.807, 2.05) is 0 Å². The minimum Gasteiger partial charge on any atom is -0.257 e. The molecule has 0 spiro atoms. The number of hydrogen-bond donors (Lipinski definition) is 0. The normalized spacial score (nSPS) is 20.6. The van der Waals surface area contributed by atoms with Crippen LogP contribution in [0.1, 0.15) is 25.3 Å². The Morgan fingerprint density at radius 2 is 2.17 bits per heavy atom. The zero-order valence-corrected chi connectivity index (χ0v) is 9.29. The van der Waals surface area contributed by atoms with E-state index in [1.54, 1.807) is 0 Å². The summed E-state index contributed by atoms with van der Waals surface area (Å²) in [5.74, 6) is 0.509. The van der Waals surface area contributed by atoms with Crippen molar-refractivity contribution < 1.29 is 0 Å². The number of nitrogens with zero attached hydrogens (tertiary/aromatic N) is 1. The molecule has 62 valence electrons. The fourth-order valence-corrected chi connectivity index (χ4v) is 2.00. The molecule has 0 bridgehead atoms. The first-order chi connectivity index (χ1) is 5.68. The molecule has 0 aromatic heterocycles. The highest BCUT2D eigenvalue weighted by atomic mass is 127. The number of fused-ring (bicyclic) bond motifs is 1. The second-order valence-electron chi connectivity index (χ2n) is 3.18. The third-order valence-corrected chi connectivity index (χ3v) is 3.05. The summed E-state index contributed by atoms with van der Waals surface area (Å²) in [6, 6.07) is 6.43. The molecule has 12 heavy (non-hydrogen) atoms. The van der Waals surface area contributed by atoms with Gasteiger partial charge in [0.15, 0.2) is 0 Å². The van der Waals surface area contributed by atoms with E-state index in [0.717, 1.165) is 5.69 Å². The van der Waals surface area contributed by atoms with Gasteiger partial charge in [-0.1, -0.05) is 6.92 Å². The van der Waals surface area contributed by atoms with Crippen LogP contribution in [0, 0.1) is 3.57 Å². The van der Waals surface area contributed by atoms with Crippen LogP contribution in [0.3, 0.4) is 0 Å². The van der Waals surface area contributed by atoms with Crippen LogP contribution in [0.15, 0.2) is 23.2 Å². The number of hydrogen-bond acceptors (Lipinski definition) is 1. The summed E-state index contributed by atoms with van der Waals surface area (Å²) in [5.41, 5.74) is 3.76. The molecule has 1 nitrogen and oxygen atoms in total. The van der Waals surface area contributed by atoms with Gasteiger partial charge in [0.2, 0.25) is 0 Å². The number of benzene rings is 1. The first-order valence-electron chi connectivity index (χ1n) is 4.03. The third-order valence-electron chi connectivity index (χ3n) is 2.38. The van der Waals surface area contributed by atoms with Crippen molar-refractivity contribution in [1.29, 1.82) is 0 Å². The summed E-state index contributed by atoms with van der Waals surface area (Å²) in [7, 11) is 0. The van der Waals surface area contributed by atoms with E-state index in [-0.39, 0.29) is 0 Å². The Balaban J connectivity index is 2.57. The lowest BCUT2D eigenvalue weighted by molar-refractivity contribution is 1.05. The monoisotopic (exact) mass is 271 g/mol. The number of halogens is 1. The van der Waals surface area contributed by atoms with E-state index in [0.29, 0.717) is 5.92 Å². The molecule has 2 rings (SSSR count). The zero-order valence-electron chi connectivity index (χ0n) is 7.13. The van der Waals surface area contributed by atoms with E-state index in [1.165, 1.54) is 14.8 Å². The fourth-order valence-electron chi connectivity index (χ4n) is 1.49. The molecule has 0 radical (unpaired) electrons. The van der Waals surface area contributed by atoms with Crippen LogP contribution in [-0.2, 0) is 0 Å². The topological polar surface area (TPSA) is 12.4 Å². The highest BCUT2D eigenvalue weighted by Crippen LogP contribution is 2.35. The lowest BCUT2D eigenvalue weighted by Crippen LogP contribution is -1.98. The van der Waals surface area contributed by atoms with Gasteiger partial charge in [-0.3, -0.25) is 4.99 Å². The van der Waals surface area contributed by atoms with Gasteiger partial charge < -0.3 is 0 Å². The Kier molecular flexibility index (Phi) is 1.94. The van der Waals surface area contributed by atoms with Crippen LogP contribution < -0.4 is 0 Å². The molecule has 0 saturated carbocycles. The van der Waals surface area contributed by atoms with Crippen LogP contribution in [-0.4, -0.2) is 5.71 Å². The van der Waals surface area contributed by atoms with Crippen molar-refractivity contribution in [2.45, 2.75) is 19.8 Å². The standard InChI is InChI=1S/C10H10IN/c1-6-7(2)12-10-4-3-8(11)5-9(6)10/h3-6H,1-2H3. The van der Waals surface area contributed by atoms with E-state index < -0.39 is 0 Å². The molecule has 1 aliphatic rings. The molecule has 1 aliphatic heterocycles. The van der Waals surface area contributed by atoms with Crippen molar-refractivity contribution in [2.75, 3.05) is 0 Å². The summed E-state index contributed by atoms with van der Waals surface area (Å²) in [5, 5.41) is 0. The van der Waals surface area contributed by atoms with Gasteiger partial charge in [-0.25, -0.2) is 0 Å². The first-order valence-corrected chi connectivity index (χ1v) is 5.11. The highest BCUT2D eigenvalue weighted by Gasteiger charge is 2.19. The van der Waals surface area contributed by atoms with Gasteiger partial charge in [0, 0.05) is 15.2 Å². The molecule has 1 aromatic carbocycles. The molecular weight excluding hydrogens is 261 g/mol. The van der Waals surface area contributed by atoms with Crippen LogP contribution in [0.4, 0.5) is 5.69 Å². The maximum Gasteiger partial charge on any atom is 0.0668 e. The zero-order chi connectivity index (χ0) is 8.72. The first kappa shape index (κ1) is 8.23. The SMILES string of the molecule is CC1=Nc2ccc(I)cc2C1C. The third kappa shape index (κ3) is 1.18. The summed E-state index contributed by atoms with van der Waals surface area (Å²) >= 11 is 2.34. The quantitative estimate of drug-likeness (QED) is 0.640. The molecule has 0 N–H and O–H groups in total. The molecule has 0 amide bonds. The van der Waals surface area contributed by atoms with Crippen molar-refractivity contribution in [3.8, 4) is 0 Å². The lowest BCUT2D eigenvalue weighted by atomic mass is 9.99. The molecule has 1 unspecified atom stereocenters. The minimum atomic E-state index is 0.509.